The zero-order valence-electron chi connectivity index (χ0n) is 24.4. The fourth-order valence-electron chi connectivity index (χ4n) is 3.27. The minimum atomic E-state index is -1.21. The molecule has 0 spiro atoms. The highest BCUT2D eigenvalue weighted by Crippen LogP contribution is 2.26. The lowest BCUT2D eigenvalue weighted by atomic mass is 10.1. The fraction of sp³-hybridized carbons (Fsp3) is 0.400. The number of phenols is 2. The number of hydrogen-bond donors (Lipinski definition) is 5. The predicted octanol–water partition coefficient (Wildman–Crippen LogP) is 5.54. The molecule has 11 nitrogen and oxygen atoms in total. The first-order chi connectivity index (χ1) is 19.5. The Morgan fingerprint density at radius 2 is 1.73 bits per heavy atom. The van der Waals surface area contributed by atoms with E-state index in [2.05, 4.69) is 31.3 Å². The molecule has 0 aromatic heterocycles. The Bertz CT molecular complexity index is 1140. The van der Waals surface area contributed by atoms with Gasteiger partial charge in [0.15, 0.2) is 0 Å². The molecule has 41 heavy (non-hydrogen) atoms. The van der Waals surface area contributed by atoms with E-state index in [-0.39, 0.29) is 34.9 Å². The summed E-state index contributed by atoms with van der Waals surface area (Å²) >= 11 is 0. The average molecular weight is 574 g/mol. The average Bonchev–Trinajstić information content (AvgIpc) is 2.94. The van der Waals surface area contributed by atoms with Gasteiger partial charge in [-0.3, -0.25) is 19.7 Å². The second kappa shape index (κ2) is 20.5. The number of aliphatic hydroxyl groups is 1. The molecule has 0 heterocycles. The van der Waals surface area contributed by atoms with Crippen molar-refractivity contribution < 1.29 is 34.9 Å². The van der Waals surface area contributed by atoms with Crippen molar-refractivity contribution >= 4 is 23.3 Å². The zero-order valence-corrected chi connectivity index (χ0v) is 24.4. The van der Waals surface area contributed by atoms with Gasteiger partial charge < -0.3 is 30.6 Å². The van der Waals surface area contributed by atoms with E-state index in [4.69, 9.17) is 20.4 Å². The van der Waals surface area contributed by atoms with Crippen LogP contribution in [0.5, 0.6) is 11.5 Å². The molecule has 5 N–H and O–H groups in total. The lowest BCUT2D eigenvalue weighted by Crippen LogP contribution is -2.38. The van der Waals surface area contributed by atoms with Crippen molar-refractivity contribution in [2.75, 3.05) is 18.0 Å². The van der Waals surface area contributed by atoms with Crippen LogP contribution in [-0.4, -0.2) is 56.4 Å². The first-order valence-corrected chi connectivity index (χ1v) is 13.4. The molecule has 2 rings (SSSR count). The SMILES string of the molecule is C/C=C\C=C/CC.CCCCN(CC)c1ccc([N+](=O)[O-])c(C(=O)NC(C)C(=O)O)c1.OCc1c(O)cccc1O. The third kappa shape index (κ3) is 13.5. The van der Waals surface area contributed by atoms with E-state index < -0.39 is 22.8 Å². The van der Waals surface area contributed by atoms with Gasteiger partial charge in [-0.2, -0.15) is 0 Å². The van der Waals surface area contributed by atoms with Crippen molar-refractivity contribution in [2.24, 2.45) is 0 Å². The second-order valence-corrected chi connectivity index (χ2v) is 8.72. The lowest BCUT2D eigenvalue weighted by molar-refractivity contribution is -0.385. The Morgan fingerprint density at radius 3 is 2.17 bits per heavy atom. The van der Waals surface area contributed by atoms with Crippen molar-refractivity contribution in [3.63, 3.8) is 0 Å². The largest absolute Gasteiger partial charge is 0.507 e. The third-order valence-corrected chi connectivity index (χ3v) is 5.63. The van der Waals surface area contributed by atoms with Crippen LogP contribution in [0.3, 0.4) is 0 Å². The minimum absolute atomic E-state index is 0.0810. The second-order valence-electron chi connectivity index (χ2n) is 8.72. The Hall–Kier alpha value is -4.38. The van der Waals surface area contributed by atoms with E-state index in [9.17, 15) is 19.7 Å². The molecular weight excluding hydrogens is 530 g/mol. The minimum Gasteiger partial charge on any atom is -0.507 e. The van der Waals surface area contributed by atoms with Crippen molar-refractivity contribution in [1.29, 1.82) is 0 Å². The number of unbranched alkanes of at least 4 members (excludes halogenated alkanes) is 1. The first kappa shape index (κ1) is 36.6. The number of nitro groups is 1. The van der Waals surface area contributed by atoms with Crippen LogP contribution < -0.4 is 10.2 Å². The molecule has 0 radical (unpaired) electrons. The number of amides is 1. The van der Waals surface area contributed by atoms with Crippen molar-refractivity contribution in [3.8, 4) is 11.5 Å². The quantitative estimate of drug-likeness (QED) is 0.124. The Balaban J connectivity index is 0.000000764. The van der Waals surface area contributed by atoms with E-state index in [1.54, 1.807) is 6.07 Å². The molecule has 1 unspecified atom stereocenters. The number of aliphatic hydroxyl groups excluding tert-OH is 1. The Kier molecular flexibility index (Phi) is 18.3. The summed E-state index contributed by atoms with van der Waals surface area (Å²) in [6.45, 7) is 10.6. The van der Waals surface area contributed by atoms with Crippen LogP contribution >= 0.6 is 0 Å². The molecule has 0 aliphatic rings. The van der Waals surface area contributed by atoms with Crippen LogP contribution in [0.2, 0.25) is 0 Å². The van der Waals surface area contributed by atoms with Crippen molar-refractivity contribution in [2.45, 2.75) is 66.5 Å². The molecule has 226 valence electrons. The summed E-state index contributed by atoms with van der Waals surface area (Å²) in [5.74, 6) is -2.14. The van der Waals surface area contributed by atoms with Gasteiger partial charge in [0.1, 0.15) is 23.1 Å². The van der Waals surface area contributed by atoms with Crippen LogP contribution in [-0.2, 0) is 11.4 Å². The number of benzene rings is 2. The van der Waals surface area contributed by atoms with Gasteiger partial charge in [-0.1, -0.05) is 50.6 Å². The van der Waals surface area contributed by atoms with Crippen LogP contribution in [0, 0.1) is 10.1 Å². The molecule has 11 heteroatoms. The molecule has 0 aliphatic heterocycles. The van der Waals surface area contributed by atoms with E-state index in [0.717, 1.165) is 25.8 Å². The maximum absolute atomic E-state index is 12.3. The molecule has 2 aromatic rings. The van der Waals surface area contributed by atoms with Gasteiger partial charge in [0.05, 0.1) is 17.1 Å². The van der Waals surface area contributed by atoms with E-state index in [0.29, 0.717) is 12.2 Å². The molecule has 0 saturated carbocycles. The number of nitrogens with zero attached hydrogens (tertiary/aromatic N) is 2. The highest BCUT2D eigenvalue weighted by molar-refractivity contribution is 6.00. The third-order valence-electron chi connectivity index (χ3n) is 5.63. The highest BCUT2D eigenvalue weighted by atomic mass is 16.6. The van der Waals surface area contributed by atoms with Gasteiger partial charge in [0, 0.05) is 24.8 Å². The Labute approximate surface area is 241 Å². The lowest BCUT2D eigenvalue weighted by Gasteiger charge is -2.23. The molecule has 1 amide bonds. The van der Waals surface area contributed by atoms with Gasteiger partial charge >= 0.3 is 5.97 Å². The number of allylic oxidation sites excluding steroid dienone is 4. The number of carbonyl (C=O) groups excluding carboxylic acids is 1. The maximum Gasteiger partial charge on any atom is 0.325 e. The van der Waals surface area contributed by atoms with Crippen LogP contribution in [0.1, 0.15) is 69.8 Å². The monoisotopic (exact) mass is 573 g/mol. The van der Waals surface area contributed by atoms with Gasteiger partial charge in [0.2, 0.25) is 0 Å². The molecule has 0 aliphatic carbocycles. The number of carboxylic acids is 1. The summed E-state index contributed by atoms with van der Waals surface area (Å²) in [6.07, 6.45) is 11.3. The number of anilines is 1. The highest BCUT2D eigenvalue weighted by Gasteiger charge is 2.24. The normalized spacial score (nSPS) is 11.2. The zero-order chi connectivity index (χ0) is 31.4. The molecule has 2 aromatic carbocycles. The number of nitro benzene ring substituents is 1. The number of aliphatic carboxylic acids is 1. The first-order valence-electron chi connectivity index (χ1n) is 13.4. The van der Waals surface area contributed by atoms with E-state index >= 15 is 0 Å². The standard InChI is InChI=1S/C16H23N3O5.C7H8O3.C7H12/c1-4-6-9-18(5-2)12-7-8-14(19(23)24)13(10-12)15(20)17-11(3)16(21)22;8-4-5-6(9)2-1-3-7(5)10;1-3-5-7-6-4-2/h7-8,10-11H,4-6,9H2,1-3H3,(H,17,20)(H,21,22);1-3,8-10H,4H2;3,5-7H,4H2,1-2H3/b;;5-3-,7-6-. The maximum atomic E-state index is 12.3. The van der Waals surface area contributed by atoms with E-state index in [1.807, 2.05) is 30.9 Å². The van der Waals surface area contributed by atoms with Crippen LogP contribution in [0.15, 0.2) is 60.7 Å². The smallest absolute Gasteiger partial charge is 0.325 e. The van der Waals surface area contributed by atoms with Gasteiger partial charge in [-0.05, 0) is 57.9 Å². The van der Waals surface area contributed by atoms with Crippen molar-refractivity contribution in [3.05, 3.63) is 81.9 Å². The number of carbonyl (C=O) groups is 2. The fourth-order valence-corrected chi connectivity index (χ4v) is 3.27. The van der Waals surface area contributed by atoms with Crippen LogP contribution in [0.25, 0.3) is 0 Å². The van der Waals surface area contributed by atoms with Gasteiger partial charge in [0.25, 0.3) is 11.6 Å². The number of hydrogen-bond acceptors (Lipinski definition) is 8. The van der Waals surface area contributed by atoms with E-state index in [1.165, 1.54) is 37.3 Å². The summed E-state index contributed by atoms with van der Waals surface area (Å²) in [5, 5.41) is 48.8. The number of aromatic hydroxyl groups is 2. The summed E-state index contributed by atoms with van der Waals surface area (Å²) in [6, 6.07) is 7.52. The number of rotatable bonds is 12. The summed E-state index contributed by atoms with van der Waals surface area (Å²) in [7, 11) is 0. The molecular formula is C30H43N3O8. The summed E-state index contributed by atoms with van der Waals surface area (Å²) < 4.78 is 0. The Morgan fingerprint density at radius 1 is 1.10 bits per heavy atom. The van der Waals surface area contributed by atoms with Crippen LogP contribution in [0.4, 0.5) is 11.4 Å². The van der Waals surface area contributed by atoms with Gasteiger partial charge in [-0.15, -0.1) is 0 Å². The molecule has 0 fully saturated rings. The van der Waals surface area contributed by atoms with Crippen molar-refractivity contribution in [1.82, 2.24) is 5.32 Å². The molecule has 1 atom stereocenters. The number of carboxylic acid groups (broad SMARTS) is 1. The topological polar surface area (TPSA) is 173 Å². The van der Waals surface area contributed by atoms with Gasteiger partial charge in [-0.25, -0.2) is 0 Å². The predicted molar refractivity (Wildman–Crippen MR) is 160 cm³/mol. The summed E-state index contributed by atoms with van der Waals surface area (Å²) in [4.78, 5) is 35.7. The summed E-state index contributed by atoms with van der Waals surface area (Å²) in [5.41, 5.74) is 0.383. The molecule has 0 saturated heterocycles. The molecule has 0 bridgehead atoms. The number of nitrogens with one attached hydrogen (secondary N) is 1.